The minimum Gasteiger partial charge on any atom is -0.330 e. The van der Waals surface area contributed by atoms with Gasteiger partial charge in [-0.25, -0.2) is 0 Å². The third kappa shape index (κ3) is 6.10. The van der Waals surface area contributed by atoms with Gasteiger partial charge in [-0.15, -0.1) is 0 Å². The zero-order chi connectivity index (χ0) is 12.7. The van der Waals surface area contributed by atoms with Crippen molar-refractivity contribution in [2.45, 2.75) is 6.92 Å². The van der Waals surface area contributed by atoms with Crippen LogP contribution in [-0.2, 0) is 4.79 Å². The van der Waals surface area contributed by atoms with Gasteiger partial charge < -0.3 is 11.1 Å². The fourth-order valence-electron chi connectivity index (χ4n) is 1.15. The summed E-state index contributed by atoms with van der Waals surface area (Å²) in [6.45, 7) is 2.75. The van der Waals surface area contributed by atoms with E-state index in [4.69, 9.17) is 5.73 Å². The van der Waals surface area contributed by atoms with Crippen LogP contribution in [0.3, 0.4) is 0 Å². The topological polar surface area (TPSA) is 55.1 Å². The molecule has 94 valence electrons. The van der Waals surface area contributed by atoms with E-state index in [0.717, 1.165) is 15.9 Å². The first kappa shape index (κ1) is 14.5. The molecule has 0 fully saturated rings. The Bertz CT molecular complexity index is 356. The summed E-state index contributed by atoms with van der Waals surface area (Å²) in [4.78, 5) is 11.6. The highest BCUT2D eigenvalue weighted by Crippen LogP contribution is 2.14. The average molecular weight is 317 g/mol. The van der Waals surface area contributed by atoms with Crippen molar-refractivity contribution in [3.8, 4) is 0 Å². The molecular weight excluding hydrogens is 300 g/mol. The van der Waals surface area contributed by atoms with Crippen molar-refractivity contribution in [1.29, 1.82) is 0 Å². The van der Waals surface area contributed by atoms with Crippen molar-refractivity contribution in [1.82, 2.24) is 0 Å². The lowest BCUT2D eigenvalue weighted by Crippen LogP contribution is -2.17. The van der Waals surface area contributed by atoms with Gasteiger partial charge in [0.25, 0.3) is 0 Å². The molecule has 1 aromatic carbocycles. The number of nitrogens with two attached hydrogens (primary N) is 1. The summed E-state index contributed by atoms with van der Waals surface area (Å²) < 4.78 is 1.00. The Labute approximate surface area is 115 Å². The second kappa shape index (κ2) is 7.74. The molecule has 0 saturated carbocycles. The minimum absolute atomic E-state index is 0.0292. The standard InChI is InChI=1S/C12H17BrN2OS/c1-9(6-14)7-17-8-12(16)15-11-4-2-10(13)3-5-11/h2-5,9H,6-8,14H2,1H3,(H,15,16). The summed E-state index contributed by atoms with van der Waals surface area (Å²) >= 11 is 4.96. The molecule has 0 aromatic heterocycles. The lowest BCUT2D eigenvalue weighted by atomic mass is 10.2. The Kier molecular flexibility index (Phi) is 6.62. The third-order valence-corrected chi connectivity index (χ3v) is 3.97. The minimum atomic E-state index is 0.0292. The highest BCUT2D eigenvalue weighted by molar-refractivity contribution is 9.10. The first-order valence-electron chi connectivity index (χ1n) is 5.45. The van der Waals surface area contributed by atoms with Crippen LogP contribution >= 0.6 is 27.7 Å². The molecule has 3 nitrogen and oxygen atoms in total. The van der Waals surface area contributed by atoms with Crippen LogP contribution < -0.4 is 11.1 Å². The van der Waals surface area contributed by atoms with Crippen molar-refractivity contribution in [3.63, 3.8) is 0 Å². The molecule has 1 unspecified atom stereocenters. The van der Waals surface area contributed by atoms with Gasteiger partial charge in [-0.2, -0.15) is 11.8 Å². The molecule has 1 aromatic rings. The van der Waals surface area contributed by atoms with Crippen LogP contribution in [0, 0.1) is 5.92 Å². The smallest absolute Gasteiger partial charge is 0.234 e. The quantitative estimate of drug-likeness (QED) is 0.848. The maximum atomic E-state index is 11.6. The van der Waals surface area contributed by atoms with Crippen molar-refractivity contribution >= 4 is 39.3 Å². The second-order valence-corrected chi connectivity index (χ2v) is 5.86. The molecule has 0 radical (unpaired) electrons. The number of hydrogen-bond donors (Lipinski definition) is 2. The van der Waals surface area contributed by atoms with Gasteiger partial charge in [0.15, 0.2) is 0 Å². The van der Waals surface area contributed by atoms with E-state index in [1.165, 1.54) is 0 Å². The molecule has 0 saturated heterocycles. The number of hydrogen-bond acceptors (Lipinski definition) is 3. The van der Waals surface area contributed by atoms with Gasteiger partial charge in [-0.05, 0) is 42.5 Å². The van der Waals surface area contributed by atoms with E-state index < -0.39 is 0 Å². The van der Waals surface area contributed by atoms with Crippen LogP contribution in [0.1, 0.15) is 6.92 Å². The maximum absolute atomic E-state index is 11.6. The molecule has 0 spiro atoms. The first-order chi connectivity index (χ1) is 8.11. The predicted molar refractivity (Wildman–Crippen MR) is 78.3 cm³/mol. The van der Waals surface area contributed by atoms with E-state index in [9.17, 15) is 4.79 Å². The van der Waals surface area contributed by atoms with Crippen LogP contribution in [0.4, 0.5) is 5.69 Å². The van der Waals surface area contributed by atoms with Gasteiger partial charge in [0.05, 0.1) is 5.75 Å². The average Bonchev–Trinajstić information content (AvgIpc) is 2.32. The molecule has 0 heterocycles. The van der Waals surface area contributed by atoms with Gasteiger partial charge >= 0.3 is 0 Å². The molecule has 0 aliphatic carbocycles. The van der Waals surface area contributed by atoms with E-state index in [0.29, 0.717) is 18.2 Å². The van der Waals surface area contributed by atoms with E-state index in [2.05, 4.69) is 28.2 Å². The van der Waals surface area contributed by atoms with Gasteiger partial charge in [-0.3, -0.25) is 4.79 Å². The van der Waals surface area contributed by atoms with Crippen molar-refractivity contribution in [2.75, 3.05) is 23.4 Å². The van der Waals surface area contributed by atoms with Gasteiger partial charge in [0.2, 0.25) is 5.91 Å². The molecule has 0 aliphatic heterocycles. The summed E-state index contributed by atoms with van der Waals surface area (Å²) in [6.07, 6.45) is 0. The first-order valence-corrected chi connectivity index (χ1v) is 7.40. The number of carbonyl (C=O) groups is 1. The second-order valence-electron chi connectivity index (χ2n) is 3.91. The number of carbonyl (C=O) groups excluding carboxylic acids is 1. The van der Waals surface area contributed by atoms with Gasteiger partial charge in [0, 0.05) is 10.2 Å². The van der Waals surface area contributed by atoms with Gasteiger partial charge in [-0.1, -0.05) is 22.9 Å². The lowest BCUT2D eigenvalue weighted by Gasteiger charge is -2.08. The molecular formula is C12H17BrN2OS. The number of rotatable bonds is 6. The zero-order valence-electron chi connectivity index (χ0n) is 9.78. The maximum Gasteiger partial charge on any atom is 0.234 e. The van der Waals surface area contributed by atoms with Crippen LogP contribution in [0.15, 0.2) is 28.7 Å². The van der Waals surface area contributed by atoms with E-state index in [-0.39, 0.29) is 5.91 Å². The highest BCUT2D eigenvalue weighted by Gasteiger charge is 2.04. The number of benzene rings is 1. The van der Waals surface area contributed by atoms with Crippen LogP contribution in [0.2, 0.25) is 0 Å². The molecule has 1 atom stereocenters. The van der Waals surface area contributed by atoms with Gasteiger partial charge in [0.1, 0.15) is 0 Å². The third-order valence-electron chi connectivity index (χ3n) is 2.17. The molecule has 0 bridgehead atoms. The fourth-order valence-corrected chi connectivity index (χ4v) is 2.33. The SMILES string of the molecule is CC(CN)CSCC(=O)Nc1ccc(Br)cc1. The summed E-state index contributed by atoms with van der Waals surface area (Å²) in [6, 6.07) is 7.54. The molecule has 17 heavy (non-hydrogen) atoms. The highest BCUT2D eigenvalue weighted by atomic mass is 79.9. The molecule has 1 amide bonds. The molecule has 0 aliphatic rings. The lowest BCUT2D eigenvalue weighted by molar-refractivity contribution is -0.113. The fraction of sp³-hybridized carbons (Fsp3) is 0.417. The Morgan fingerprint density at radius 3 is 2.71 bits per heavy atom. The van der Waals surface area contributed by atoms with E-state index >= 15 is 0 Å². The van der Waals surface area contributed by atoms with Crippen LogP contribution in [0.5, 0.6) is 0 Å². The summed E-state index contributed by atoms with van der Waals surface area (Å²) in [5, 5.41) is 2.85. The normalized spacial score (nSPS) is 12.2. The number of amides is 1. The van der Waals surface area contributed by atoms with E-state index in [1.54, 1.807) is 11.8 Å². The summed E-state index contributed by atoms with van der Waals surface area (Å²) in [5.41, 5.74) is 6.33. The van der Waals surface area contributed by atoms with Crippen molar-refractivity contribution in [3.05, 3.63) is 28.7 Å². The van der Waals surface area contributed by atoms with Crippen LogP contribution in [0.25, 0.3) is 0 Å². The Balaban J connectivity index is 2.27. The number of thioether (sulfide) groups is 1. The predicted octanol–water partition coefficient (Wildman–Crippen LogP) is 2.72. The van der Waals surface area contributed by atoms with Crippen molar-refractivity contribution in [2.24, 2.45) is 11.7 Å². The monoisotopic (exact) mass is 316 g/mol. The number of anilines is 1. The zero-order valence-corrected chi connectivity index (χ0v) is 12.2. The summed E-state index contributed by atoms with van der Waals surface area (Å²) in [7, 11) is 0. The summed E-state index contributed by atoms with van der Waals surface area (Å²) in [5.74, 6) is 1.88. The Morgan fingerprint density at radius 1 is 1.47 bits per heavy atom. The van der Waals surface area contributed by atoms with E-state index in [1.807, 2.05) is 24.3 Å². The van der Waals surface area contributed by atoms with Crippen molar-refractivity contribution < 1.29 is 4.79 Å². The van der Waals surface area contributed by atoms with Crippen LogP contribution in [-0.4, -0.2) is 24.0 Å². The molecule has 1 rings (SSSR count). The Morgan fingerprint density at radius 2 is 2.12 bits per heavy atom. The number of halogens is 1. The molecule has 3 N–H and O–H groups in total. The Hall–Kier alpha value is -0.520. The molecule has 5 heteroatoms. The largest absolute Gasteiger partial charge is 0.330 e. The number of nitrogens with one attached hydrogen (secondary N) is 1.